The molecule has 0 aliphatic heterocycles. The number of hydrogen-bond donors (Lipinski definition) is 2. The van der Waals surface area contributed by atoms with Crippen LogP contribution < -0.4 is 5.32 Å². The standard InChI is InChI=1S/C11H25NO/c1-6-10(4)7-12-8-11(5,13)9(2)3/h9-10,12-13H,6-8H2,1-5H3. The van der Waals surface area contributed by atoms with E-state index < -0.39 is 5.60 Å². The molecule has 0 fully saturated rings. The Morgan fingerprint density at radius 3 is 2.23 bits per heavy atom. The molecule has 0 spiro atoms. The highest BCUT2D eigenvalue weighted by molar-refractivity contribution is 4.78. The number of nitrogens with one attached hydrogen (secondary N) is 1. The predicted molar refractivity (Wildman–Crippen MR) is 57.8 cm³/mol. The summed E-state index contributed by atoms with van der Waals surface area (Å²) in [4.78, 5) is 0. The van der Waals surface area contributed by atoms with Crippen LogP contribution in [0.4, 0.5) is 0 Å². The molecule has 0 heterocycles. The van der Waals surface area contributed by atoms with Crippen LogP contribution in [-0.4, -0.2) is 23.8 Å². The van der Waals surface area contributed by atoms with Gasteiger partial charge in [0.1, 0.15) is 0 Å². The molecule has 2 nitrogen and oxygen atoms in total. The van der Waals surface area contributed by atoms with E-state index in [1.165, 1.54) is 6.42 Å². The molecule has 0 aliphatic rings. The first-order chi connectivity index (χ1) is 5.90. The van der Waals surface area contributed by atoms with Gasteiger partial charge < -0.3 is 10.4 Å². The third-order valence-corrected chi connectivity index (χ3v) is 2.92. The molecule has 0 bridgehead atoms. The van der Waals surface area contributed by atoms with Crippen LogP contribution in [0.5, 0.6) is 0 Å². The first-order valence-corrected chi connectivity index (χ1v) is 5.33. The van der Waals surface area contributed by atoms with Crippen molar-refractivity contribution in [2.75, 3.05) is 13.1 Å². The van der Waals surface area contributed by atoms with E-state index in [1.807, 2.05) is 20.8 Å². The zero-order chi connectivity index (χ0) is 10.5. The van der Waals surface area contributed by atoms with Gasteiger partial charge in [-0.25, -0.2) is 0 Å². The summed E-state index contributed by atoms with van der Waals surface area (Å²) in [5.41, 5.74) is -0.576. The van der Waals surface area contributed by atoms with E-state index in [2.05, 4.69) is 19.2 Å². The Kier molecular flexibility index (Phi) is 5.57. The summed E-state index contributed by atoms with van der Waals surface area (Å²) in [5.74, 6) is 1.000. The summed E-state index contributed by atoms with van der Waals surface area (Å²) in [5, 5.41) is 13.2. The SMILES string of the molecule is CCC(C)CNCC(C)(O)C(C)C. The van der Waals surface area contributed by atoms with Crippen molar-refractivity contribution >= 4 is 0 Å². The lowest BCUT2D eigenvalue weighted by Crippen LogP contribution is -2.43. The molecule has 0 rings (SSSR count). The molecular formula is C11H25NO. The van der Waals surface area contributed by atoms with Crippen molar-refractivity contribution in [2.45, 2.75) is 46.6 Å². The highest BCUT2D eigenvalue weighted by Gasteiger charge is 2.23. The van der Waals surface area contributed by atoms with Crippen LogP contribution in [0.2, 0.25) is 0 Å². The van der Waals surface area contributed by atoms with Crippen LogP contribution in [0.15, 0.2) is 0 Å². The van der Waals surface area contributed by atoms with Crippen molar-refractivity contribution in [3.8, 4) is 0 Å². The second-order valence-corrected chi connectivity index (χ2v) is 4.66. The van der Waals surface area contributed by atoms with Crippen LogP contribution in [0.1, 0.15) is 41.0 Å². The van der Waals surface area contributed by atoms with Gasteiger partial charge in [0.25, 0.3) is 0 Å². The van der Waals surface area contributed by atoms with Crippen molar-refractivity contribution in [1.82, 2.24) is 5.32 Å². The van der Waals surface area contributed by atoms with Crippen molar-refractivity contribution in [2.24, 2.45) is 11.8 Å². The second-order valence-electron chi connectivity index (χ2n) is 4.66. The van der Waals surface area contributed by atoms with Gasteiger partial charge in [0.05, 0.1) is 5.60 Å². The van der Waals surface area contributed by atoms with Crippen molar-refractivity contribution < 1.29 is 5.11 Å². The molecule has 0 aromatic carbocycles. The summed E-state index contributed by atoms with van der Waals surface area (Å²) in [6, 6.07) is 0. The minimum absolute atomic E-state index is 0.303. The van der Waals surface area contributed by atoms with Gasteiger partial charge in [0.2, 0.25) is 0 Å². The average Bonchev–Trinajstić information content (AvgIpc) is 2.03. The van der Waals surface area contributed by atoms with Crippen LogP contribution >= 0.6 is 0 Å². The monoisotopic (exact) mass is 187 g/mol. The number of aliphatic hydroxyl groups is 1. The molecule has 0 radical (unpaired) electrons. The van der Waals surface area contributed by atoms with Gasteiger partial charge in [-0.05, 0) is 25.3 Å². The molecule has 0 aromatic heterocycles. The third kappa shape index (κ3) is 5.27. The summed E-state index contributed by atoms with van der Waals surface area (Å²) in [6.07, 6.45) is 1.19. The highest BCUT2D eigenvalue weighted by atomic mass is 16.3. The maximum absolute atomic E-state index is 9.91. The van der Waals surface area contributed by atoms with Gasteiger partial charge in [-0.1, -0.05) is 34.1 Å². The van der Waals surface area contributed by atoms with E-state index in [1.54, 1.807) is 0 Å². The van der Waals surface area contributed by atoms with Crippen LogP contribution in [-0.2, 0) is 0 Å². The average molecular weight is 187 g/mol. The molecule has 13 heavy (non-hydrogen) atoms. The fourth-order valence-electron chi connectivity index (χ4n) is 0.920. The van der Waals surface area contributed by atoms with Gasteiger partial charge in [-0.2, -0.15) is 0 Å². The summed E-state index contributed by atoms with van der Waals surface area (Å²) in [7, 11) is 0. The Bertz CT molecular complexity index is 132. The van der Waals surface area contributed by atoms with Gasteiger partial charge in [0, 0.05) is 6.54 Å². The predicted octanol–water partition coefficient (Wildman–Crippen LogP) is 2.03. The number of hydrogen-bond acceptors (Lipinski definition) is 2. The fraction of sp³-hybridized carbons (Fsp3) is 1.00. The van der Waals surface area contributed by atoms with E-state index in [0.717, 1.165) is 6.54 Å². The minimum atomic E-state index is -0.576. The summed E-state index contributed by atoms with van der Waals surface area (Å²) in [6.45, 7) is 12.1. The lowest BCUT2D eigenvalue weighted by molar-refractivity contribution is 0.0137. The van der Waals surface area contributed by atoms with Crippen LogP contribution in [0.3, 0.4) is 0 Å². The molecule has 80 valence electrons. The third-order valence-electron chi connectivity index (χ3n) is 2.92. The van der Waals surface area contributed by atoms with Gasteiger partial charge in [-0.15, -0.1) is 0 Å². The van der Waals surface area contributed by atoms with Crippen LogP contribution in [0.25, 0.3) is 0 Å². The molecule has 0 aromatic rings. The zero-order valence-corrected chi connectivity index (χ0v) is 9.72. The van der Waals surface area contributed by atoms with Crippen molar-refractivity contribution in [3.05, 3.63) is 0 Å². The molecule has 2 heteroatoms. The molecule has 0 amide bonds. The van der Waals surface area contributed by atoms with E-state index in [-0.39, 0.29) is 0 Å². The van der Waals surface area contributed by atoms with Gasteiger partial charge in [-0.3, -0.25) is 0 Å². The molecule has 2 unspecified atom stereocenters. The first-order valence-electron chi connectivity index (χ1n) is 5.33. The largest absolute Gasteiger partial charge is 0.389 e. The van der Waals surface area contributed by atoms with Crippen molar-refractivity contribution in [1.29, 1.82) is 0 Å². The molecular weight excluding hydrogens is 162 g/mol. The van der Waals surface area contributed by atoms with E-state index in [9.17, 15) is 5.11 Å². The zero-order valence-electron chi connectivity index (χ0n) is 9.72. The normalized spacial score (nSPS) is 18.7. The van der Waals surface area contributed by atoms with E-state index >= 15 is 0 Å². The lowest BCUT2D eigenvalue weighted by atomic mass is 9.92. The quantitative estimate of drug-likeness (QED) is 0.667. The Hall–Kier alpha value is -0.0800. The highest BCUT2D eigenvalue weighted by Crippen LogP contribution is 2.14. The van der Waals surface area contributed by atoms with E-state index in [4.69, 9.17) is 0 Å². The Morgan fingerprint density at radius 1 is 1.31 bits per heavy atom. The molecule has 0 aliphatic carbocycles. The molecule has 0 saturated carbocycles. The van der Waals surface area contributed by atoms with E-state index in [0.29, 0.717) is 18.4 Å². The number of rotatable bonds is 6. The second kappa shape index (κ2) is 5.61. The maximum Gasteiger partial charge on any atom is 0.0766 e. The minimum Gasteiger partial charge on any atom is -0.389 e. The van der Waals surface area contributed by atoms with Crippen LogP contribution in [0, 0.1) is 11.8 Å². The smallest absolute Gasteiger partial charge is 0.0766 e. The van der Waals surface area contributed by atoms with Gasteiger partial charge >= 0.3 is 0 Å². The van der Waals surface area contributed by atoms with Gasteiger partial charge in [0.15, 0.2) is 0 Å². The lowest BCUT2D eigenvalue weighted by Gasteiger charge is -2.28. The van der Waals surface area contributed by atoms with Crippen molar-refractivity contribution in [3.63, 3.8) is 0 Å². The Morgan fingerprint density at radius 2 is 1.85 bits per heavy atom. The Labute approximate surface area is 82.7 Å². The Balaban J connectivity index is 3.63. The fourth-order valence-corrected chi connectivity index (χ4v) is 0.920. The summed E-state index contributed by atoms with van der Waals surface area (Å²) >= 11 is 0. The molecule has 2 atom stereocenters. The molecule has 2 N–H and O–H groups in total. The first kappa shape index (κ1) is 12.9. The molecule has 0 saturated heterocycles. The maximum atomic E-state index is 9.91. The summed E-state index contributed by atoms with van der Waals surface area (Å²) < 4.78 is 0. The topological polar surface area (TPSA) is 32.3 Å².